The molecule has 16 heavy (non-hydrogen) atoms. The molecule has 1 radical (unpaired) electrons. The molecular formula is C14H20N2-. The Morgan fingerprint density at radius 1 is 1.06 bits per heavy atom. The first-order chi connectivity index (χ1) is 7.88. The van der Waals surface area contributed by atoms with Crippen molar-refractivity contribution in [2.75, 3.05) is 19.6 Å². The molecule has 1 aliphatic heterocycles. The third kappa shape index (κ3) is 3.32. The fourth-order valence-electron chi connectivity index (χ4n) is 2.22. The molecule has 0 spiro atoms. The normalized spacial score (nSPS) is 16.8. The molecule has 1 fully saturated rings. The summed E-state index contributed by atoms with van der Waals surface area (Å²) in [7, 11) is 3.51. The molecule has 0 aromatic heterocycles. The van der Waals surface area contributed by atoms with Gasteiger partial charge in [-0.3, -0.25) is 11.9 Å². The lowest BCUT2D eigenvalue weighted by molar-refractivity contribution is 0.331. The Balaban J connectivity index is 1.86. The summed E-state index contributed by atoms with van der Waals surface area (Å²) in [6.07, 6.45) is 3.74. The van der Waals surface area contributed by atoms with E-state index in [9.17, 15) is 0 Å². The summed E-state index contributed by atoms with van der Waals surface area (Å²) in [5, 5.41) is 3.88. The zero-order chi connectivity index (χ0) is 11.2. The Bertz CT molecular complexity index is 299. The summed E-state index contributed by atoms with van der Waals surface area (Å²) in [4.78, 5) is 2.53. The number of nitrogens with zero attached hydrogens (tertiary/aromatic N) is 2. The predicted molar refractivity (Wildman–Crippen MR) is 67.0 cm³/mol. The van der Waals surface area contributed by atoms with Crippen LogP contribution in [0.3, 0.4) is 0 Å². The van der Waals surface area contributed by atoms with E-state index in [4.69, 9.17) is 0 Å². The van der Waals surface area contributed by atoms with Crippen LogP contribution in [0.4, 0.5) is 0 Å². The monoisotopic (exact) mass is 216 g/mol. The number of benzene rings is 1. The first kappa shape index (κ1) is 11.6. The van der Waals surface area contributed by atoms with Gasteiger partial charge in [-0.05, 0) is 50.0 Å². The van der Waals surface area contributed by atoms with Gasteiger partial charge in [0.2, 0.25) is 0 Å². The summed E-state index contributed by atoms with van der Waals surface area (Å²) < 4.78 is 0. The zero-order valence-electron chi connectivity index (χ0n) is 9.86. The number of likely N-dealkylation sites (tertiary alicyclic amines) is 1. The van der Waals surface area contributed by atoms with Crippen molar-refractivity contribution in [2.45, 2.75) is 25.8 Å². The molecule has 1 heterocycles. The van der Waals surface area contributed by atoms with Gasteiger partial charge in [-0.2, -0.15) is 0 Å². The second kappa shape index (κ2) is 6.02. The Morgan fingerprint density at radius 3 is 2.31 bits per heavy atom. The van der Waals surface area contributed by atoms with Gasteiger partial charge in [-0.1, -0.05) is 24.3 Å². The van der Waals surface area contributed by atoms with Crippen molar-refractivity contribution < 1.29 is 0 Å². The quantitative estimate of drug-likeness (QED) is 0.690. The van der Waals surface area contributed by atoms with Gasteiger partial charge in [-0.25, -0.2) is 0 Å². The Hall–Kier alpha value is -0.860. The summed E-state index contributed by atoms with van der Waals surface area (Å²) in [6.45, 7) is 4.47. The average molecular weight is 216 g/mol. The highest BCUT2D eigenvalue weighted by Gasteiger charge is 2.11. The maximum Gasteiger partial charge on any atom is 0.0233 e. The van der Waals surface area contributed by atoms with Crippen LogP contribution in [-0.2, 0) is 13.0 Å². The molecule has 0 amide bonds. The van der Waals surface area contributed by atoms with Crippen LogP contribution < -0.4 is 5.32 Å². The fourth-order valence-corrected chi connectivity index (χ4v) is 2.22. The molecule has 0 unspecified atom stereocenters. The highest BCUT2D eigenvalue weighted by Crippen LogP contribution is 2.13. The molecule has 0 atom stereocenters. The molecule has 1 saturated heterocycles. The molecule has 1 aliphatic rings. The van der Waals surface area contributed by atoms with Crippen LogP contribution in [-0.4, -0.2) is 24.5 Å². The van der Waals surface area contributed by atoms with Crippen molar-refractivity contribution in [3.63, 3.8) is 0 Å². The van der Waals surface area contributed by atoms with E-state index >= 15 is 0 Å². The van der Waals surface area contributed by atoms with E-state index in [2.05, 4.69) is 41.5 Å². The fraction of sp³-hybridized carbons (Fsp3) is 0.500. The van der Waals surface area contributed by atoms with Gasteiger partial charge in [0.15, 0.2) is 0 Å². The van der Waals surface area contributed by atoms with Crippen LogP contribution in [0.1, 0.15) is 24.0 Å². The molecular weight excluding hydrogens is 196 g/mol. The first-order valence-electron chi connectivity index (χ1n) is 6.11. The largest absolute Gasteiger partial charge is 0.424 e. The van der Waals surface area contributed by atoms with E-state index in [1.54, 1.807) is 0 Å². The van der Waals surface area contributed by atoms with Crippen molar-refractivity contribution in [1.82, 2.24) is 10.2 Å². The Morgan fingerprint density at radius 2 is 1.69 bits per heavy atom. The maximum atomic E-state index is 3.88. The lowest BCUT2D eigenvalue weighted by atomic mass is 10.1. The highest BCUT2D eigenvalue weighted by molar-refractivity contribution is 5.22. The maximum absolute atomic E-state index is 3.88. The molecule has 2 nitrogen and oxygen atoms in total. The number of hydrogen-bond acceptors (Lipinski definition) is 1. The number of rotatable bonds is 5. The van der Waals surface area contributed by atoms with Crippen molar-refractivity contribution >= 4 is 0 Å². The molecule has 0 bridgehead atoms. The van der Waals surface area contributed by atoms with Crippen LogP contribution in [0.25, 0.3) is 0 Å². The summed E-state index contributed by atoms with van der Waals surface area (Å²) in [6, 6.07) is 8.93. The summed E-state index contributed by atoms with van der Waals surface area (Å²) >= 11 is 0. The SMILES string of the molecule is [CH2-][N]CCc1ccc(CN2CCCC2)cc1. The van der Waals surface area contributed by atoms with E-state index in [0.717, 1.165) is 19.5 Å². The topological polar surface area (TPSA) is 17.3 Å². The lowest BCUT2D eigenvalue weighted by Gasteiger charge is -2.14. The number of hydrogen-bond donors (Lipinski definition) is 0. The summed E-state index contributed by atoms with van der Waals surface area (Å²) in [5.41, 5.74) is 2.79. The molecule has 87 valence electrons. The van der Waals surface area contributed by atoms with E-state index in [1.807, 2.05) is 0 Å². The average Bonchev–Trinajstić information content (AvgIpc) is 2.81. The van der Waals surface area contributed by atoms with Crippen LogP contribution in [0.5, 0.6) is 0 Å². The van der Waals surface area contributed by atoms with Crippen LogP contribution in [0.15, 0.2) is 24.3 Å². The van der Waals surface area contributed by atoms with Gasteiger partial charge >= 0.3 is 0 Å². The first-order valence-corrected chi connectivity index (χ1v) is 6.11. The molecule has 2 heteroatoms. The zero-order valence-corrected chi connectivity index (χ0v) is 9.86. The van der Waals surface area contributed by atoms with Gasteiger partial charge in [0.25, 0.3) is 0 Å². The van der Waals surface area contributed by atoms with Gasteiger partial charge < -0.3 is 5.32 Å². The molecule has 1 aromatic carbocycles. The second-order valence-corrected chi connectivity index (χ2v) is 4.50. The van der Waals surface area contributed by atoms with Crippen molar-refractivity contribution in [3.8, 4) is 0 Å². The minimum absolute atomic E-state index is 0.825. The van der Waals surface area contributed by atoms with Crippen LogP contribution in [0, 0.1) is 7.05 Å². The van der Waals surface area contributed by atoms with Crippen LogP contribution >= 0.6 is 0 Å². The minimum Gasteiger partial charge on any atom is -0.424 e. The van der Waals surface area contributed by atoms with Gasteiger partial charge in [-0.15, -0.1) is 0 Å². The molecule has 0 aliphatic carbocycles. The van der Waals surface area contributed by atoms with Crippen molar-refractivity contribution in [2.24, 2.45) is 0 Å². The van der Waals surface area contributed by atoms with Crippen molar-refractivity contribution in [3.05, 3.63) is 42.4 Å². The summed E-state index contributed by atoms with van der Waals surface area (Å²) in [5.74, 6) is 0. The minimum atomic E-state index is 0.825. The van der Waals surface area contributed by atoms with E-state index < -0.39 is 0 Å². The third-order valence-corrected chi connectivity index (χ3v) is 3.19. The highest BCUT2D eigenvalue weighted by atomic mass is 15.1. The molecule has 2 rings (SSSR count). The molecule has 1 aromatic rings. The lowest BCUT2D eigenvalue weighted by Crippen LogP contribution is -2.18. The predicted octanol–water partition coefficient (Wildman–Crippen LogP) is 2.22. The Kier molecular flexibility index (Phi) is 4.37. The van der Waals surface area contributed by atoms with E-state index in [-0.39, 0.29) is 0 Å². The second-order valence-electron chi connectivity index (χ2n) is 4.50. The van der Waals surface area contributed by atoms with Gasteiger partial charge in [0, 0.05) is 6.54 Å². The van der Waals surface area contributed by atoms with Gasteiger partial charge in [0.1, 0.15) is 0 Å². The third-order valence-electron chi connectivity index (χ3n) is 3.19. The smallest absolute Gasteiger partial charge is 0.0233 e. The Labute approximate surface area is 98.7 Å². The van der Waals surface area contributed by atoms with Gasteiger partial charge in [0.05, 0.1) is 0 Å². The molecule has 0 N–H and O–H groups in total. The van der Waals surface area contributed by atoms with E-state index in [1.165, 1.54) is 37.1 Å². The van der Waals surface area contributed by atoms with E-state index in [0.29, 0.717) is 0 Å². The van der Waals surface area contributed by atoms with Crippen molar-refractivity contribution in [1.29, 1.82) is 0 Å². The van der Waals surface area contributed by atoms with Crippen LogP contribution in [0.2, 0.25) is 0 Å². The standard InChI is InChI=1S/C14H20N2/c1-15-9-8-13-4-6-14(7-5-13)12-16-10-2-3-11-16/h4-7H,1-3,8-12H2/q-1. The molecule has 0 saturated carbocycles.